The summed E-state index contributed by atoms with van der Waals surface area (Å²) in [5, 5.41) is 3.63. The van der Waals surface area contributed by atoms with Crippen molar-refractivity contribution in [2.75, 3.05) is 19.2 Å². The van der Waals surface area contributed by atoms with Gasteiger partial charge < -0.3 is 19.5 Å². The summed E-state index contributed by atoms with van der Waals surface area (Å²) in [6.07, 6.45) is 6.06. The van der Waals surface area contributed by atoms with Crippen LogP contribution in [0.1, 0.15) is 42.5 Å². The average Bonchev–Trinajstić information content (AvgIpc) is 3.50. The highest BCUT2D eigenvalue weighted by atomic mass is 32.2. The lowest BCUT2D eigenvalue weighted by molar-refractivity contribution is -0.118. The van der Waals surface area contributed by atoms with Gasteiger partial charge in [0.15, 0.2) is 11.5 Å². The number of amides is 1. The highest BCUT2D eigenvalue weighted by molar-refractivity contribution is 7.99. The third-order valence-corrected chi connectivity index (χ3v) is 7.15. The first kappa shape index (κ1) is 21.3. The van der Waals surface area contributed by atoms with Crippen LogP contribution in [0.15, 0.2) is 28.0 Å². The molecule has 5 rings (SSSR count). The molecule has 1 aliphatic carbocycles. The van der Waals surface area contributed by atoms with Gasteiger partial charge in [0, 0.05) is 24.4 Å². The number of rotatable bonds is 7. The van der Waals surface area contributed by atoms with Crippen molar-refractivity contribution >= 4 is 17.7 Å². The first-order valence-corrected chi connectivity index (χ1v) is 12.2. The number of thioether (sulfide) groups is 1. The van der Waals surface area contributed by atoms with Crippen molar-refractivity contribution in [3.05, 3.63) is 45.5 Å². The largest absolute Gasteiger partial charge is 0.454 e. The molecule has 170 valence electrons. The Hall–Kier alpha value is -2.52. The maximum atomic E-state index is 12.8. The van der Waals surface area contributed by atoms with Crippen LogP contribution in [-0.4, -0.2) is 40.7 Å². The van der Waals surface area contributed by atoms with E-state index in [9.17, 15) is 9.59 Å². The number of benzene rings is 1. The predicted octanol–water partition coefficient (Wildman–Crippen LogP) is 2.44. The summed E-state index contributed by atoms with van der Waals surface area (Å²) in [6, 6.07) is 5.63. The van der Waals surface area contributed by atoms with Gasteiger partial charge in [-0.3, -0.25) is 9.36 Å². The van der Waals surface area contributed by atoms with Crippen molar-refractivity contribution in [3.8, 4) is 11.5 Å². The lowest BCUT2D eigenvalue weighted by atomic mass is 9.97. The molecule has 3 aliphatic rings. The molecule has 1 atom stereocenters. The van der Waals surface area contributed by atoms with Crippen LogP contribution in [0.3, 0.4) is 0 Å². The van der Waals surface area contributed by atoms with Gasteiger partial charge in [-0.15, -0.1) is 0 Å². The Morgan fingerprint density at radius 2 is 2.06 bits per heavy atom. The summed E-state index contributed by atoms with van der Waals surface area (Å²) in [4.78, 5) is 29.6. The number of nitrogens with one attached hydrogen (secondary N) is 1. The summed E-state index contributed by atoms with van der Waals surface area (Å²) in [5.41, 5.74) is 2.92. The highest BCUT2D eigenvalue weighted by Crippen LogP contribution is 2.32. The lowest BCUT2D eigenvalue weighted by Crippen LogP contribution is -2.34. The standard InChI is InChI=1S/C23H27N3O5S/c27-21(24-11-15-7-8-19-20(10-15)31-14-30-19)13-32-22-17-5-1-2-6-18(17)26(23(28)25-22)12-16-4-3-9-29-16/h7-8,10,16H,1-6,9,11-14H2,(H,24,27)/t16-/m0/s1. The van der Waals surface area contributed by atoms with Crippen LogP contribution in [0.5, 0.6) is 11.5 Å². The molecule has 0 unspecified atom stereocenters. The van der Waals surface area contributed by atoms with Crippen LogP contribution >= 0.6 is 11.8 Å². The second-order valence-electron chi connectivity index (χ2n) is 8.33. The Labute approximate surface area is 190 Å². The van der Waals surface area contributed by atoms with E-state index in [1.807, 2.05) is 22.8 Å². The Morgan fingerprint density at radius 3 is 2.94 bits per heavy atom. The molecular formula is C23H27N3O5S. The summed E-state index contributed by atoms with van der Waals surface area (Å²) >= 11 is 1.35. The number of carbonyl (C=O) groups excluding carboxylic acids is 1. The molecule has 3 heterocycles. The van der Waals surface area contributed by atoms with Gasteiger partial charge in [-0.2, -0.15) is 4.98 Å². The lowest BCUT2D eigenvalue weighted by Gasteiger charge is -2.24. The molecule has 8 nitrogen and oxygen atoms in total. The monoisotopic (exact) mass is 457 g/mol. The Balaban J connectivity index is 1.23. The number of fused-ring (bicyclic) bond motifs is 2. The molecule has 1 aromatic heterocycles. The van der Waals surface area contributed by atoms with E-state index in [-0.39, 0.29) is 30.2 Å². The van der Waals surface area contributed by atoms with Gasteiger partial charge in [0.25, 0.3) is 0 Å². The maximum absolute atomic E-state index is 12.8. The quantitative estimate of drug-likeness (QED) is 0.504. The fraction of sp³-hybridized carbons (Fsp3) is 0.522. The van der Waals surface area contributed by atoms with Crippen molar-refractivity contribution in [1.29, 1.82) is 0 Å². The predicted molar refractivity (Wildman–Crippen MR) is 119 cm³/mol. The summed E-state index contributed by atoms with van der Waals surface area (Å²) in [6.45, 7) is 1.98. The SMILES string of the molecule is O=C(CSc1nc(=O)n(C[C@@H]2CCCO2)c2c1CCCC2)NCc1ccc2c(c1)OCO2. The van der Waals surface area contributed by atoms with Gasteiger partial charge >= 0.3 is 5.69 Å². The van der Waals surface area contributed by atoms with Crippen molar-refractivity contribution < 1.29 is 19.0 Å². The normalized spacial score (nSPS) is 19.1. The minimum absolute atomic E-state index is 0.0949. The minimum atomic E-state index is -0.232. The Bertz CT molecular complexity index is 1060. The third kappa shape index (κ3) is 4.63. The molecule has 1 saturated heterocycles. The molecule has 0 radical (unpaired) electrons. The highest BCUT2D eigenvalue weighted by Gasteiger charge is 2.24. The zero-order valence-electron chi connectivity index (χ0n) is 17.9. The molecule has 0 spiro atoms. The van der Waals surface area contributed by atoms with Crippen LogP contribution in [0.4, 0.5) is 0 Å². The Kier molecular flexibility index (Phi) is 6.36. The Morgan fingerprint density at radius 1 is 1.19 bits per heavy atom. The molecule has 2 aliphatic heterocycles. The first-order valence-electron chi connectivity index (χ1n) is 11.2. The van der Waals surface area contributed by atoms with E-state index in [0.717, 1.165) is 67.7 Å². The van der Waals surface area contributed by atoms with Crippen molar-refractivity contribution in [2.45, 2.75) is 62.7 Å². The van der Waals surface area contributed by atoms with Gasteiger partial charge in [0.05, 0.1) is 18.4 Å². The van der Waals surface area contributed by atoms with E-state index in [1.165, 1.54) is 11.8 Å². The topological polar surface area (TPSA) is 91.7 Å². The van der Waals surface area contributed by atoms with Gasteiger partial charge in [-0.25, -0.2) is 4.79 Å². The molecule has 1 fully saturated rings. The smallest absolute Gasteiger partial charge is 0.348 e. The molecule has 1 N–H and O–H groups in total. The zero-order valence-corrected chi connectivity index (χ0v) is 18.7. The van der Waals surface area contributed by atoms with E-state index in [0.29, 0.717) is 23.9 Å². The summed E-state index contributed by atoms with van der Waals surface area (Å²) < 4.78 is 18.2. The number of nitrogens with zero attached hydrogens (tertiary/aromatic N) is 2. The second kappa shape index (κ2) is 9.54. The van der Waals surface area contributed by atoms with Crippen LogP contribution in [-0.2, 0) is 35.5 Å². The number of hydrogen-bond acceptors (Lipinski definition) is 7. The number of hydrogen-bond donors (Lipinski definition) is 1. The van der Waals surface area contributed by atoms with Gasteiger partial charge in [-0.05, 0) is 56.2 Å². The first-order chi connectivity index (χ1) is 15.7. The van der Waals surface area contributed by atoms with E-state index >= 15 is 0 Å². The van der Waals surface area contributed by atoms with Crippen LogP contribution in [0.25, 0.3) is 0 Å². The van der Waals surface area contributed by atoms with Crippen molar-refractivity contribution in [1.82, 2.24) is 14.9 Å². The molecule has 9 heteroatoms. The summed E-state index contributed by atoms with van der Waals surface area (Å²) in [5.74, 6) is 1.55. The third-order valence-electron chi connectivity index (χ3n) is 6.13. The average molecular weight is 458 g/mol. The number of carbonyl (C=O) groups is 1. The van der Waals surface area contributed by atoms with E-state index < -0.39 is 0 Å². The van der Waals surface area contributed by atoms with Gasteiger partial charge in [0.1, 0.15) is 5.03 Å². The fourth-order valence-corrected chi connectivity index (χ4v) is 5.39. The van der Waals surface area contributed by atoms with Crippen molar-refractivity contribution in [3.63, 3.8) is 0 Å². The second-order valence-corrected chi connectivity index (χ2v) is 9.29. The molecule has 1 amide bonds. The zero-order chi connectivity index (χ0) is 21.9. The molecule has 32 heavy (non-hydrogen) atoms. The minimum Gasteiger partial charge on any atom is -0.454 e. The van der Waals surface area contributed by atoms with Gasteiger partial charge in [0.2, 0.25) is 12.7 Å². The van der Waals surface area contributed by atoms with Crippen LogP contribution in [0, 0.1) is 0 Å². The van der Waals surface area contributed by atoms with E-state index in [4.69, 9.17) is 14.2 Å². The molecule has 0 bridgehead atoms. The molecule has 1 aromatic carbocycles. The van der Waals surface area contributed by atoms with Gasteiger partial charge in [-0.1, -0.05) is 17.8 Å². The summed E-state index contributed by atoms with van der Waals surface area (Å²) in [7, 11) is 0. The number of aromatic nitrogens is 2. The van der Waals surface area contributed by atoms with Crippen LogP contribution in [0.2, 0.25) is 0 Å². The van der Waals surface area contributed by atoms with E-state index in [1.54, 1.807) is 0 Å². The van der Waals surface area contributed by atoms with Crippen LogP contribution < -0.4 is 20.5 Å². The maximum Gasteiger partial charge on any atom is 0.348 e. The molecule has 0 saturated carbocycles. The molecular weight excluding hydrogens is 430 g/mol. The fourth-order valence-electron chi connectivity index (χ4n) is 4.48. The number of ether oxygens (including phenoxy) is 3. The van der Waals surface area contributed by atoms with Crippen molar-refractivity contribution in [2.24, 2.45) is 0 Å². The molecule has 2 aromatic rings. The van der Waals surface area contributed by atoms with E-state index in [2.05, 4.69) is 10.3 Å².